The molecule has 1 unspecified atom stereocenters. The van der Waals surface area contributed by atoms with Gasteiger partial charge in [-0.2, -0.15) is 0 Å². The summed E-state index contributed by atoms with van der Waals surface area (Å²) in [7, 11) is 1.36. The molecule has 0 aromatic heterocycles. The summed E-state index contributed by atoms with van der Waals surface area (Å²) in [4.78, 5) is 27.6. The van der Waals surface area contributed by atoms with Gasteiger partial charge in [0.15, 0.2) is 0 Å². The van der Waals surface area contributed by atoms with Gasteiger partial charge in [-0.3, -0.25) is 4.79 Å². The van der Waals surface area contributed by atoms with E-state index in [1.54, 1.807) is 12.1 Å². The average Bonchev–Trinajstić information content (AvgIpc) is 2.98. The van der Waals surface area contributed by atoms with Crippen molar-refractivity contribution < 1.29 is 23.8 Å². The predicted molar refractivity (Wildman–Crippen MR) is 112 cm³/mol. The maximum absolute atomic E-state index is 13.6. The Bertz CT molecular complexity index is 870. The van der Waals surface area contributed by atoms with Gasteiger partial charge in [0.2, 0.25) is 5.91 Å². The van der Waals surface area contributed by atoms with Crippen LogP contribution in [0, 0.1) is 11.3 Å². The van der Waals surface area contributed by atoms with Crippen molar-refractivity contribution in [3.05, 3.63) is 53.6 Å². The molecule has 6 heteroatoms. The third kappa shape index (κ3) is 4.01. The van der Waals surface area contributed by atoms with Crippen LogP contribution >= 0.6 is 0 Å². The van der Waals surface area contributed by atoms with Crippen molar-refractivity contribution in [2.75, 3.05) is 26.9 Å². The molecule has 3 aliphatic rings. The Morgan fingerprint density at radius 1 is 1.20 bits per heavy atom. The average molecular weight is 411 g/mol. The number of ether oxygens (including phenoxy) is 3. The van der Waals surface area contributed by atoms with Crippen molar-refractivity contribution in [2.24, 2.45) is 11.3 Å². The molecule has 2 aliphatic heterocycles. The Kier molecular flexibility index (Phi) is 5.95. The van der Waals surface area contributed by atoms with Gasteiger partial charge in [0.25, 0.3) is 0 Å². The molecule has 0 saturated carbocycles. The standard InChI is InChI=1S/C24H29NO5/c1-24(10-4-3-5-11-24)21-16-30-20-14-18(23(27)28-2)6-7-19(20)15-25(21)22(26)17-8-12-29-13-9-17/h3-7,10,14,17,21H,8-9,11-13,15-16H2,1-2H3/t21-,24?/m1/s1. The van der Waals surface area contributed by atoms with E-state index in [4.69, 9.17) is 14.2 Å². The molecule has 2 atom stereocenters. The van der Waals surface area contributed by atoms with Crippen molar-refractivity contribution >= 4 is 11.9 Å². The second-order valence-corrected chi connectivity index (χ2v) is 8.49. The summed E-state index contributed by atoms with van der Waals surface area (Å²) in [5, 5.41) is 0. The van der Waals surface area contributed by atoms with Gasteiger partial charge in [-0.05, 0) is 31.4 Å². The fraction of sp³-hybridized carbons (Fsp3) is 0.500. The number of hydrogen-bond donors (Lipinski definition) is 0. The molecule has 160 valence electrons. The van der Waals surface area contributed by atoms with Crippen LogP contribution in [0.4, 0.5) is 0 Å². The first-order valence-electron chi connectivity index (χ1n) is 10.6. The van der Waals surface area contributed by atoms with Gasteiger partial charge in [-0.15, -0.1) is 0 Å². The van der Waals surface area contributed by atoms with Gasteiger partial charge in [0.1, 0.15) is 12.4 Å². The first kappa shape index (κ1) is 20.7. The number of carbonyl (C=O) groups is 2. The summed E-state index contributed by atoms with van der Waals surface area (Å²) in [6, 6.07) is 5.21. The Balaban J connectivity index is 1.68. The zero-order valence-corrected chi connectivity index (χ0v) is 17.6. The maximum atomic E-state index is 13.6. The van der Waals surface area contributed by atoms with Crippen molar-refractivity contribution in [1.29, 1.82) is 0 Å². The minimum absolute atomic E-state index is 0.0242. The van der Waals surface area contributed by atoms with Crippen molar-refractivity contribution in [3.8, 4) is 5.75 Å². The number of fused-ring (bicyclic) bond motifs is 1. The Morgan fingerprint density at radius 2 is 2.00 bits per heavy atom. The summed E-state index contributed by atoms with van der Waals surface area (Å²) in [6.07, 6.45) is 10.8. The summed E-state index contributed by atoms with van der Waals surface area (Å²) in [6.45, 7) is 4.28. The van der Waals surface area contributed by atoms with Crippen molar-refractivity contribution in [3.63, 3.8) is 0 Å². The monoisotopic (exact) mass is 411 g/mol. The second kappa shape index (κ2) is 8.64. The maximum Gasteiger partial charge on any atom is 0.337 e. The molecular formula is C24H29NO5. The predicted octanol–water partition coefficient (Wildman–Crippen LogP) is 3.51. The summed E-state index contributed by atoms with van der Waals surface area (Å²) in [5.74, 6) is 0.388. The van der Waals surface area contributed by atoms with Gasteiger partial charge >= 0.3 is 5.97 Å². The molecule has 1 aromatic rings. The number of nitrogens with zero attached hydrogens (tertiary/aromatic N) is 1. The van der Waals surface area contributed by atoms with Crippen LogP contribution in [0.15, 0.2) is 42.5 Å². The van der Waals surface area contributed by atoms with Gasteiger partial charge in [-0.25, -0.2) is 4.79 Å². The van der Waals surface area contributed by atoms with E-state index in [9.17, 15) is 9.59 Å². The number of carbonyl (C=O) groups excluding carboxylic acids is 2. The molecule has 1 saturated heterocycles. The smallest absolute Gasteiger partial charge is 0.337 e. The number of esters is 1. The van der Waals surface area contributed by atoms with Gasteiger partial charge < -0.3 is 19.1 Å². The van der Waals surface area contributed by atoms with Crippen LogP contribution in [0.3, 0.4) is 0 Å². The quantitative estimate of drug-likeness (QED) is 0.712. The van der Waals surface area contributed by atoms with Gasteiger partial charge in [-0.1, -0.05) is 37.3 Å². The minimum atomic E-state index is -0.398. The molecule has 0 radical (unpaired) electrons. The molecule has 30 heavy (non-hydrogen) atoms. The highest BCUT2D eigenvalue weighted by atomic mass is 16.5. The van der Waals surface area contributed by atoms with Crippen LogP contribution in [0.1, 0.15) is 42.1 Å². The number of benzene rings is 1. The van der Waals surface area contributed by atoms with Crippen LogP contribution in [0.25, 0.3) is 0 Å². The van der Waals surface area contributed by atoms with E-state index in [1.165, 1.54) is 7.11 Å². The number of methoxy groups -OCH3 is 1. The highest BCUT2D eigenvalue weighted by Gasteiger charge is 2.42. The zero-order chi connectivity index (χ0) is 21.1. The largest absolute Gasteiger partial charge is 0.491 e. The molecular weight excluding hydrogens is 382 g/mol. The number of rotatable bonds is 3. The fourth-order valence-corrected chi connectivity index (χ4v) is 4.56. The van der Waals surface area contributed by atoms with Crippen LogP contribution < -0.4 is 4.74 Å². The van der Waals surface area contributed by atoms with E-state index < -0.39 is 5.97 Å². The number of allylic oxidation sites excluding steroid dienone is 3. The summed E-state index contributed by atoms with van der Waals surface area (Å²) < 4.78 is 16.5. The second-order valence-electron chi connectivity index (χ2n) is 8.49. The summed E-state index contributed by atoms with van der Waals surface area (Å²) in [5.41, 5.74) is 1.14. The summed E-state index contributed by atoms with van der Waals surface area (Å²) >= 11 is 0. The lowest BCUT2D eigenvalue weighted by Gasteiger charge is -2.43. The first-order chi connectivity index (χ1) is 14.5. The molecule has 1 aromatic carbocycles. The highest BCUT2D eigenvalue weighted by Crippen LogP contribution is 2.39. The van der Waals surface area contributed by atoms with Gasteiger partial charge in [0.05, 0.1) is 18.7 Å². The van der Waals surface area contributed by atoms with E-state index in [0.29, 0.717) is 37.7 Å². The normalized spacial score (nSPS) is 26.5. The number of amides is 1. The fourth-order valence-electron chi connectivity index (χ4n) is 4.56. The third-order valence-electron chi connectivity index (χ3n) is 6.50. The van der Waals surface area contributed by atoms with Crippen molar-refractivity contribution in [1.82, 2.24) is 4.90 Å². The molecule has 1 amide bonds. The molecule has 1 aliphatic carbocycles. The molecule has 2 heterocycles. The minimum Gasteiger partial charge on any atom is -0.491 e. The van der Waals surface area contributed by atoms with E-state index in [2.05, 4.69) is 19.1 Å². The van der Waals surface area contributed by atoms with Crippen molar-refractivity contribution in [2.45, 2.75) is 38.8 Å². The Labute approximate surface area is 177 Å². The first-order valence-corrected chi connectivity index (χ1v) is 10.6. The Hall–Kier alpha value is -2.60. The van der Waals surface area contributed by atoms with E-state index >= 15 is 0 Å². The molecule has 4 rings (SSSR count). The topological polar surface area (TPSA) is 65.1 Å². The van der Waals surface area contributed by atoms with Crippen LogP contribution in [0.2, 0.25) is 0 Å². The third-order valence-corrected chi connectivity index (χ3v) is 6.50. The van der Waals surface area contributed by atoms with Gasteiger partial charge in [0, 0.05) is 36.7 Å². The molecule has 0 N–H and O–H groups in total. The lowest BCUT2D eigenvalue weighted by Crippen LogP contribution is -2.52. The van der Waals surface area contributed by atoms with Crippen LogP contribution in [-0.4, -0.2) is 49.7 Å². The Morgan fingerprint density at radius 3 is 2.70 bits per heavy atom. The SMILES string of the molecule is COC(=O)c1ccc2c(c1)OC[C@H](C1(C)C=CC=CC1)N(C(=O)C1CCOCC1)C2. The van der Waals surface area contributed by atoms with E-state index in [-0.39, 0.29) is 23.3 Å². The van der Waals surface area contributed by atoms with E-state index in [0.717, 1.165) is 24.8 Å². The highest BCUT2D eigenvalue weighted by molar-refractivity contribution is 5.90. The molecule has 1 fully saturated rings. The lowest BCUT2D eigenvalue weighted by atomic mass is 9.76. The van der Waals surface area contributed by atoms with Crippen LogP contribution in [0.5, 0.6) is 5.75 Å². The molecule has 6 nitrogen and oxygen atoms in total. The van der Waals surface area contributed by atoms with E-state index in [1.807, 2.05) is 23.1 Å². The van der Waals surface area contributed by atoms with Crippen LogP contribution in [-0.2, 0) is 20.8 Å². The molecule has 0 bridgehead atoms. The molecule has 0 spiro atoms. The lowest BCUT2D eigenvalue weighted by molar-refractivity contribution is -0.144. The zero-order valence-electron chi connectivity index (χ0n) is 17.6. The number of hydrogen-bond acceptors (Lipinski definition) is 5.